The summed E-state index contributed by atoms with van der Waals surface area (Å²) in [5.41, 5.74) is 1.11. The Morgan fingerprint density at radius 1 is 1.33 bits per heavy atom. The van der Waals surface area contributed by atoms with Gasteiger partial charge in [-0.3, -0.25) is 9.98 Å². The molecule has 0 saturated heterocycles. The average Bonchev–Trinajstić information content (AvgIpc) is 2.29. The third-order valence-corrected chi connectivity index (χ3v) is 3.20. The molecule has 3 unspecified atom stereocenters. The highest BCUT2D eigenvalue weighted by Crippen LogP contribution is 2.35. The number of nitrogens with zero attached hydrogens (tertiary/aromatic N) is 3. The molecular formula is C11H10ClN3. The maximum Gasteiger partial charge on any atom is 0.217 e. The van der Waals surface area contributed by atoms with Crippen LogP contribution in [0, 0.1) is 11.8 Å². The van der Waals surface area contributed by atoms with Gasteiger partial charge in [0.15, 0.2) is 0 Å². The fourth-order valence-electron chi connectivity index (χ4n) is 2.26. The maximum atomic E-state index is 5.84. The summed E-state index contributed by atoms with van der Waals surface area (Å²) in [6.07, 6.45) is 11.0. The van der Waals surface area contributed by atoms with Crippen molar-refractivity contribution in [1.82, 2.24) is 0 Å². The van der Waals surface area contributed by atoms with E-state index in [2.05, 4.69) is 27.1 Å². The summed E-state index contributed by atoms with van der Waals surface area (Å²) in [5, 5.41) is 0.362. The second kappa shape index (κ2) is 3.42. The molecule has 0 aromatic heterocycles. The van der Waals surface area contributed by atoms with Gasteiger partial charge in [0, 0.05) is 30.0 Å². The molecule has 0 spiro atoms. The lowest BCUT2D eigenvalue weighted by atomic mass is 9.79. The molecule has 0 bridgehead atoms. The van der Waals surface area contributed by atoms with E-state index in [4.69, 9.17) is 11.6 Å². The molecule has 0 aromatic carbocycles. The van der Waals surface area contributed by atoms with Gasteiger partial charge in [-0.1, -0.05) is 12.2 Å². The van der Waals surface area contributed by atoms with Crippen LogP contribution in [0.3, 0.4) is 0 Å². The predicted molar refractivity (Wildman–Crippen MR) is 62.9 cm³/mol. The van der Waals surface area contributed by atoms with E-state index in [1.165, 1.54) is 0 Å². The zero-order chi connectivity index (χ0) is 10.3. The van der Waals surface area contributed by atoms with Gasteiger partial charge in [0.1, 0.15) is 0 Å². The second-order valence-electron chi connectivity index (χ2n) is 3.88. The largest absolute Gasteiger partial charge is 0.261 e. The molecule has 4 heteroatoms. The highest BCUT2D eigenvalue weighted by atomic mass is 35.5. The molecule has 0 N–H and O–H groups in total. The Morgan fingerprint density at radius 3 is 3.20 bits per heavy atom. The summed E-state index contributed by atoms with van der Waals surface area (Å²) < 4.78 is 0. The molecule has 3 rings (SSSR count). The van der Waals surface area contributed by atoms with Gasteiger partial charge in [0.2, 0.25) is 5.29 Å². The number of hydrogen-bond donors (Lipinski definition) is 0. The zero-order valence-electron chi connectivity index (χ0n) is 8.05. The maximum absolute atomic E-state index is 5.84. The molecule has 0 saturated carbocycles. The molecule has 3 atom stereocenters. The highest BCUT2D eigenvalue weighted by molar-refractivity contribution is 6.65. The van der Waals surface area contributed by atoms with Crippen molar-refractivity contribution < 1.29 is 0 Å². The first-order valence-corrected chi connectivity index (χ1v) is 5.41. The standard InChI is InChI=1S/C11H10ClN3/c12-11-14-6-7-3-4-9-8(10(7)15-11)2-1-5-13-9/h1-2,4-8,10H,3H2. The number of dihydropyridines is 1. The van der Waals surface area contributed by atoms with Crippen molar-refractivity contribution in [3.63, 3.8) is 0 Å². The molecule has 0 amide bonds. The molecule has 2 heterocycles. The van der Waals surface area contributed by atoms with E-state index in [-0.39, 0.29) is 12.0 Å². The monoisotopic (exact) mass is 219 g/mol. The van der Waals surface area contributed by atoms with Crippen molar-refractivity contribution in [2.24, 2.45) is 26.8 Å². The van der Waals surface area contributed by atoms with Crippen LogP contribution in [0.1, 0.15) is 6.42 Å². The van der Waals surface area contributed by atoms with Crippen molar-refractivity contribution in [3.05, 3.63) is 23.9 Å². The van der Waals surface area contributed by atoms with E-state index in [1.54, 1.807) is 0 Å². The highest BCUT2D eigenvalue weighted by Gasteiger charge is 2.35. The lowest BCUT2D eigenvalue weighted by Crippen LogP contribution is -2.35. The summed E-state index contributed by atoms with van der Waals surface area (Å²) in [6.45, 7) is 0. The van der Waals surface area contributed by atoms with Crippen LogP contribution < -0.4 is 0 Å². The first kappa shape index (κ1) is 9.04. The second-order valence-corrected chi connectivity index (χ2v) is 4.22. The summed E-state index contributed by atoms with van der Waals surface area (Å²) >= 11 is 5.84. The van der Waals surface area contributed by atoms with Gasteiger partial charge in [-0.15, -0.1) is 0 Å². The van der Waals surface area contributed by atoms with Crippen molar-refractivity contribution in [2.75, 3.05) is 0 Å². The average molecular weight is 220 g/mol. The van der Waals surface area contributed by atoms with Crippen molar-refractivity contribution >= 4 is 29.3 Å². The molecule has 76 valence electrons. The minimum Gasteiger partial charge on any atom is -0.261 e. The fourth-order valence-corrected chi connectivity index (χ4v) is 2.43. The van der Waals surface area contributed by atoms with Crippen molar-refractivity contribution in [3.8, 4) is 0 Å². The van der Waals surface area contributed by atoms with Gasteiger partial charge in [0.05, 0.1) is 6.04 Å². The quantitative estimate of drug-likeness (QED) is 0.561. The van der Waals surface area contributed by atoms with E-state index in [0.29, 0.717) is 11.2 Å². The summed E-state index contributed by atoms with van der Waals surface area (Å²) in [4.78, 5) is 12.8. The SMILES string of the molecule is ClC1=NC2C(C=N1)CC=C1N=CC=CC12. The third-order valence-electron chi connectivity index (χ3n) is 3.00. The Labute approximate surface area is 93.0 Å². The Hall–Kier alpha value is -1.22. The Balaban J connectivity index is 2.00. The third kappa shape index (κ3) is 1.47. The van der Waals surface area contributed by atoms with Crippen molar-refractivity contribution in [2.45, 2.75) is 12.5 Å². The summed E-state index contributed by atoms with van der Waals surface area (Å²) in [6, 6.07) is 0.184. The van der Waals surface area contributed by atoms with Crippen LogP contribution in [-0.4, -0.2) is 23.8 Å². The van der Waals surface area contributed by atoms with Gasteiger partial charge in [-0.2, -0.15) is 0 Å². The van der Waals surface area contributed by atoms with Gasteiger partial charge in [-0.05, 0) is 24.1 Å². The number of fused-ring (bicyclic) bond motifs is 3. The van der Waals surface area contributed by atoms with Crippen LogP contribution in [0.15, 0.2) is 38.9 Å². The lowest BCUT2D eigenvalue weighted by molar-refractivity contribution is 0.436. The number of allylic oxidation sites excluding steroid dienone is 2. The molecular weight excluding hydrogens is 210 g/mol. The predicted octanol–water partition coefficient (Wildman–Crippen LogP) is 2.19. The molecule has 0 aromatic rings. The number of amidine groups is 1. The zero-order valence-corrected chi connectivity index (χ0v) is 8.80. The minimum absolute atomic E-state index is 0.184. The Bertz CT molecular complexity index is 431. The van der Waals surface area contributed by atoms with E-state index >= 15 is 0 Å². The topological polar surface area (TPSA) is 37.1 Å². The van der Waals surface area contributed by atoms with E-state index in [9.17, 15) is 0 Å². The van der Waals surface area contributed by atoms with Crippen LogP contribution in [0.2, 0.25) is 0 Å². The summed E-state index contributed by atoms with van der Waals surface area (Å²) in [7, 11) is 0. The normalized spacial score (nSPS) is 36.7. The van der Waals surface area contributed by atoms with Gasteiger partial charge < -0.3 is 0 Å². The Kier molecular flexibility index (Phi) is 2.06. The molecule has 3 nitrogen and oxygen atoms in total. The van der Waals surface area contributed by atoms with Crippen LogP contribution in [0.4, 0.5) is 0 Å². The molecule has 3 aliphatic rings. The molecule has 0 radical (unpaired) electrons. The van der Waals surface area contributed by atoms with E-state index in [0.717, 1.165) is 12.1 Å². The Morgan fingerprint density at radius 2 is 2.27 bits per heavy atom. The van der Waals surface area contributed by atoms with Crippen LogP contribution >= 0.6 is 11.6 Å². The number of hydrogen-bond acceptors (Lipinski definition) is 3. The van der Waals surface area contributed by atoms with Gasteiger partial charge in [-0.25, -0.2) is 4.99 Å². The van der Waals surface area contributed by atoms with Gasteiger partial charge in [0.25, 0.3) is 0 Å². The van der Waals surface area contributed by atoms with Crippen molar-refractivity contribution in [1.29, 1.82) is 0 Å². The van der Waals surface area contributed by atoms with Crippen LogP contribution in [0.25, 0.3) is 0 Å². The molecule has 0 fully saturated rings. The molecule has 15 heavy (non-hydrogen) atoms. The van der Waals surface area contributed by atoms with Crippen LogP contribution in [0.5, 0.6) is 0 Å². The van der Waals surface area contributed by atoms with E-state index in [1.807, 2.05) is 18.5 Å². The van der Waals surface area contributed by atoms with Crippen LogP contribution in [-0.2, 0) is 0 Å². The fraction of sp³-hybridized carbons (Fsp3) is 0.364. The minimum atomic E-state index is 0.184. The molecule has 1 aliphatic carbocycles. The smallest absolute Gasteiger partial charge is 0.217 e. The lowest BCUT2D eigenvalue weighted by Gasteiger charge is -2.33. The van der Waals surface area contributed by atoms with E-state index < -0.39 is 0 Å². The first-order chi connectivity index (χ1) is 7.34. The number of halogens is 1. The summed E-state index contributed by atoms with van der Waals surface area (Å²) in [5.74, 6) is 0.647. The number of rotatable bonds is 0. The number of aliphatic imine (C=N–C) groups is 3. The van der Waals surface area contributed by atoms with Gasteiger partial charge >= 0.3 is 0 Å². The molecule has 2 aliphatic heterocycles. The first-order valence-electron chi connectivity index (χ1n) is 5.03.